The van der Waals surface area contributed by atoms with Crippen molar-refractivity contribution in [1.29, 1.82) is 0 Å². The summed E-state index contributed by atoms with van der Waals surface area (Å²) in [5.74, 6) is 0.499. The van der Waals surface area contributed by atoms with E-state index in [0.29, 0.717) is 16.8 Å². The number of benzene rings is 1. The molecule has 0 spiro atoms. The Morgan fingerprint density at radius 2 is 1.88 bits per heavy atom. The second-order valence-electron chi connectivity index (χ2n) is 6.34. The van der Waals surface area contributed by atoms with Gasteiger partial charge in [0.05, 0.1) is 12.2 Å². The molecule has 1 heterocycles. The number of para-hydroxylation sites is 1. The Morgan fingerprint density at radius 3 is 2.65 bits per heavy atom. The zero-order valence-electron chi connectivity index (χ0n) is 14.6. The fourth-order valence-electron chi connectivity index (χ4n) is 2.99. The van der Waals surface area contributed by atoms with Gasteiger partial charge in [-0.3, -0.25) is 9.59 Å². The fraction of sp³-hybridized carbons (Fsp3) is 0.421. The molecule has 0 bridgehead atoms. The smallest absolute Gasteiger partial charge is 0.258 e. The summed E-state index contributed by atoms with van der Waals surface area (Å²) in [5, 5.41) is 7.90. The first-order chi connectivity index (χ1) is 12.7. The molecule has 2 amide bonds. The highest BCUT2D eigenvalue weighted by atomic mass is 32.1. The third kappa shape index (κ3) is 5.56. The molecular formula is C19H23N3O3S. The van der Waals surface area contributed by atoms with E-state index >= 15 is 0 Å². The van der Waals surface area contributed by atoms with Gasteiger partial charge in [0.2, 0.25) is 5.91 Å². The van der Waals surface area contributed by atoms with E-state index < -0.39 is 0 Å². The Kier molecular flexibility index (Phi) is 6.60. The predicted molar refractivity (Wildman–Crippen MR) is 102 cm³/mol. The standard InChI is InChI=1S/C19H23N3O3S/c23-17(11-20-18(24)12-25-15-9-5-2-6-10-15)22-19-21-16(13-26-19)14-7-3-1-4-8-14/h2,5-6,9-10,13-14H,1,3-4,7-8,11-12H2,(H,20,24)(H,21,22,23). The third-order valence-electron chi connectivity index (χ3n) is 4.35. The van der Waals surface area contributed by atoms with Gasteiger partial charge in [-0.15, -0.1) is 11.3 Å². The van der Waals surface area contributed by atoms with Crippen LogP contribution in [0.15, 0.2) is 35.7 Å². The van der Waals surface area contributed by atoms with Crippen molar-refractivity contribution in [2.24, 2.45) is 0 Å². The zero-order valence-corrected chi connectivity index (χ0v) is 15.4. The van der Waals surface area contributed by atoms with E-state index in [4.69, 9.17) is 4.74 Å². The molecule has 0 radical (unpaired) electrons. The molecule has 0 saturated heterocycles. The van der Waals surface area contributed by atoms with Gasteiger partial charge in [-0.2, -0.15) is 0 Å². The summed E-state index contributed by atoms with van der Waals surface area (Å²) in [7, 11) is 0. The van der Waals surface area contributed by atoms with Crippen molar-refractivity contribution in [3.8, 4) is 5.75 Å². The minimum atomic E-state index is -0.342. The number of amides is 2. The van der Waals surface area contributed by atoms with Crippen LogP contribution in [-0.4, -0.2) is 29.9 Å². The highest BCUT2D eigenvalue weighted by Gasteiger charge is 2.18. The van der Waals surface area contributed by atoms with Crippen molar-refractivity contribution in [3.63, 3.8) is 0 Å². The lowest BCUT2D eigenvalue weighted by Crippen LogP contribution is -2.35. The normalized spacial score (nSPS) is 14.6. The highest BCUT2D eigenvalue weighted by Crippen LogP contribution is 2.33. The van der Waals surface area contributed by atoms with Crippen LogP contribution in [0.3, 0.4) is 0 Å². The lowest BCUT2D eigenvalue weighted by atomic mass is 9.87. The first-order valence-electron chi connectivity index (χ1n) is 8.90. The lowest BCUT2D eigenvalue weighted by molar-refractivity contribution is -0.125. The average Bonchev–Trinajstić information content (AvgIpc) is 3.15. The summed E-state index contributed by atoms with van der Waals surface area (Å²) in [6.45, 7) is -0.226. The van der Waals surface area contributed by atoms with Gasteiger partial charge in [-0.1, -0.05) is 37.5 Å². The molecule has 1 aliphatic carbocycles. The van der Waals surface area contributed by atoms with Gasteiger partial charge < -0.3 is 15.4 Å². The van der Waals surface area contributed by atoms with Crippen LogP contribution in [-0.2, 0) is 9.59 Å². The van der Waals surface area contributed by atoms with Gasteiger partial charge >= 0.3 is 0 Å². The van der Waals surface area contributed by atoms with Gasteiger partial charge in [-0.25, -0.2) is 4.98 Å². The first kappa shape index (κ1) is 18.4. The Morgan fingerprint density at radius 1 is 1.12 bits per heavy atom. The minimum Gasteiger partial charge on any atom is -0.484 e. The molecule has 3 rings (SSSR count). The zero-order chi connectivity index (χ0) is 18.2. The van der Waals surface area contributed by atoms with Crippen molar-refractivity contribution in [2.45, 2.75) is 38.0 Å². The van der Waals surface area contributed by atoms with Crippen LogP contribution in [0.1, 0.15) is 43.7 Å². The first-order valence-corrected chi connectivity index (χ1v) is 9.78. The maximum atomic E-state index is 12.0. The van der Waals surface area contributed by atoms with Crippen LogP contribution in [0.2, 0.25) is 0 Å². The van der Waals surface area contributed by atoms with Gasteiger partial charge in [-0.05, 0) is 25.0 Å². The number of nitrogens with one attached hydrogen (secondary N) is 2. The molecule has 0 aliphatic heterocycles. The van der Waals surface area contributed by atoms with E-state index in [1.54, 1.807) is 12.1 Å². The number of hydrogen-bond acceptors (Lipinski definition) is 5. The number of rotatable bonds is 7. The van der Waals surface area contributed by atoms with Crippen LogP contribution in [0.5, 0.6) is 5.75 Å². The topological polar surface area (TPSA) is 80.3 Å². The van der Waals surface area contributed by atoms with Crippen molar-refractivity contribution in [1.82, 2.24) is 10.3 Å². The van der Waals surface area contributed by atoms with Crippen molar-refractivity contribution in [2.75, 3.05) is 18.5 Å². The summed E-state index contributed by atoms with van der Waals surface area (Å²) in [6.07, 6.45) is 6.16. The molecule has 1 fully saturated rings. The molecule has 138 valence electrons. The predicted octanol–water partition coefficient (Wildman–Crippen LogP) is 3.32. The van der Waals surface area contributed by atoms with Crippen LogP contribution < -0.4 is 15.4 Å². The molecule has 6 nitrogen and oxygen atoms in total. The van der Waals surface area contributed by atoms with Gasteiger partial charge in [0, 0.05) is 11.3 Å². The number of carbonyl (C=O) groups is 2. The third-order valence-corrected chi connectivity index (χ3v) is 5.13. The summed E-state index contributed by atoms with van der Waals surface area (Å²) >= 11 is 1.43. The van der Waals surface area contributed by atoms with Gasteiger partial charge in [0.1, 0.15) is 5.75 Å². The van der Waals surface area contributed by atoms with Gasteiger partial charge in [0.15, 0.2) is 11.7 Å². The molecule has 26 heavy (non-hydrogen) atoms. The van der Waals surface area contributed by atoms with E-state index in [9.17, 15) is 9.59 Å². The number of carbonyl (C=O) groups excluding carboxylic acids is 2. The molecule has 0 unspecified atom stereocenters. The summed E-state index contributed by atoms with van der Waals surface area (Å²) < 4.78 is 5.33. The minimum absolute atomic E-state index is 0.102. The average molecular weight is 373 g/mol. The number of anilines is 1. The van der Waals surface area contributed by atoms with Crippen molar-refractivity contribution >= 4 is 28.3 Å². The number of hydrogen-bond donors (Lipinski definition) is 2. The molecular weight excluding hydrogens is 350 g/mol. The van der Waals surface area contributed by atoms with E-state index in [-0.39, 0.29) is 25.0 Å². The highest BCUT2D eigenvalue weighted by molar-refractivity contribution is 7.13. The second kappa shape index (κ2) is 9.33. The molecule has 2 aromatic rings. The van der Waals surface area contributed by atoms with E-state index in [1.165, 1.54) is 43.4 Å². The summed E-state index contributed by atoms with van der Waals surface area (Å²) in [5.41, 5.74) is 1.07. The van der Waals surface area contributed by atoms with Crippen LogP contribution >= 0.6 is 11.3 Å². The quantitative estimate of drug-likeness (QED) is 0.780. The number of ether oxygens (including phenoxy) is 1. The lowest BCUT2D eigenvalue weighted by Gasteiger charge is -2.19. The maximum absolute atomic E-state index is 12.0. The summed E-state index contributed by atoms with van der Waals surface area (Å²) in [6, 6.07) is 9.07. The fourth-order valence-corrected chi connectivity index (χ4v) is 3.80. The Balaban J connectivity index is 1.38. The Labute approximate surface area is 157 Å². The van der Waals surface area contributed by atoms with Crippen LogP contribution in [0, 0.1) is 0 Å². The second-order valence-corrected chi connectivity index (χ2v) is 7.20. The Bertz CT molecular complexity index is 727. The SMILES string of the molecule is O=C(COc1ccccc1)NCC(=O)Nc1nc(C2CCCCC2)cs1. The summed E-state index contributed by atoms with van der Waals surface area (Å²) in [4.78, 5) is 28.3. The monoisotopic (exact) mass is 373 g/mol. The molecule has 2 N–H and O–H groups in total. The number of aromatic nitrogens is 1. The molecule has 0 atom stereocenters. The van der Waals surface area contributed by atoms with Crippen LogP contribution in [0.25, 0.3) is 0 Å². The molecule has 1 aromatic carbocycles. The molecule has 7 heteroatoms. The van der Waals surface area contributed by atoms with E-state index in [0.717, 1.165) is 5.69 Å². The van der Waals surface area contributed by atoms with E-state index in [1.807, 2.05) is 23.6 Å². The number of thiazole rings is 1. The van der Waals surface area contributed by atoms with Crippen LogP contribution in [0.4, 0.5) is 5.13 Å². The molecule has 1 aliphatic rings. The van der Waals surface area contributed by atoms with Crippen molar-refractivity contribution < 1.29 is 14.3 Å². The largest absolute Gasteiger partial charge is 0.484 e. The van der Waals surface area contributed by atoms with Crippen molar-refractivity contribution in [3.05, 3.63) is 41.4 Å². The number of nitrogens with zero attached hydrogens (tertiary/aromatic N) is 1. The molecule has 1 aromatic heterocycles. The molecule has 1 saturated carbocycles. The van der Waals surface area contributed by atoms with E-state index in [2.05, 4.69) is 15.6 Å². The Hall–Kier alpha value is -2.41. The van der Waals surface area contributed by atoms with Gasteiger partial charge in [0.25, 0.3) is 5.91 Å². The maximum Gasteiger partial charge on any atom is 0.258 e.